The average molecular weight is 262 g/mol. The van der Waals surface area contributed by atoms with Gasteiger partial charge in [-0.3, -0.25) is 4.79 Å². The molecule has 1 aromatic rings. The van der Waals surface area contributed by atoms with Crippen LogP contribution in [0.1, 0.15) is 24.5 Å². The van der Waals surface area contributed by atoms with E-state index in [1.54, 1.807) is 0 Å². The standard InChI is InChI=1S/C15H22N2O2/c1-10-4-5-14(6-11(10)2)17-9-13(7-15(18)19)16-8-12(17)3/h4-6,12-13,16H,7-9H2,1-3H3,(H,18,19). The highest BCUT2D eigenvalue weighted by molar-refractivity contribution is 5.67. The lowest BCUT2D eigenvalue weighted by atomic mass is 10.0. The Bertz CT molecular complexity index is 473. The predicted molar refractivity (Wildman–Crippen MR) is 76.8 cm³/mol. The van der Waals surface area contributed by atoms with Gasteiger partial charge < -0.3 is 15.3 Å². The zero-order valence-corrected chi connectivity index (χ0v) is 11.8. The van der Waals surface area contributed by atoms with Crippen LogP contribution in [0.15, 0.2) is 18.2 Å². The van der Waals surface area contributed by atoms with Gasteiger partial charge in [0.25, 0.3) is 0 Å². The van der Waals surface area contributed by atoms with Crippen molar-refractivity contribution in [3.05, 3.63) is 29.3 Å². The molecule has 0 aromatic heterocycles. The molecule has 0 amide bonds. The average Bonchev–Trinajstić information content (AvgIpc) is 2.34. The van der Waals surface area contributed by atoms with Crippen LogP contribution in [0.5, 0.6) is 0 Å². The van der Waals surface area contributed by atoms with Gasteiger partial charge in [-0.2, -0.15) is 0 Å². The largest absolute Gasteiger partial charge is 0.481 e. The van der Waals surface area contributed by atoms with Crippen molar-refractivity contribution in [2.24, 2.45) is 0 Å². The van der Waals surface area contributed by atoms with Crippen LogP contribution >= 0.6 is 0 Å². The van der Waals surface area contributed by atoms with E-state index in [2.05, 4.69) is 49.2 Å². The van der Waals surface area contributed by atoms with Crippen molar-refractivity contribution < 1.29 is 9.90 Å². The molecule has 0 bridgehead atoms. The second-order valence-electron chi connectivity index (χ2n) is 5.47. The van der Waals surface area contributed by atoms with Gasteiger partial charge in [-0.1, -0.05) is 6.07 Å². The molecule has 2 rings (SSSR count). The number of nitrogens with one attached hydrogen (secondary N) is 1. The number of aryl methyl sites for hydroxylation is 2. The van der Waals surface area contributed by atoms with Gasteiger partial charge in [-0.25, -0.2) is 0 Å². The van der Waals surface area contributed by atoms with E-state index >= 15 is 0 Å². The Kier molecular flexibility index (Phi) is 4.10. The monoisotopic (exact) mass is 262 g/mol. The van der Waals surface area contributed by atoms with E-state index in [9.17, 15) is 4.79 Å². The molecule has 104 valence electrons. The fourth-order valence-corrected chi connectivity index (χ4v) is 2.54. The van der Waals surface area contributed by atoms with Gasteiger partial charge in [-0.15, -0.1) is 0 Å². The fraction of sp³-hybridized carbons (Fsp3) is 0.533. The highest BCUT2D eigenvalue weighted by Gasteiger charge is 2.26. The number of benzene rings is 1. The van der Waals surface area contributed by atoms with Gasteiger partial charge in [-0.05, 0) is 44.0 Å². The molecule has 2 atom stereocenters. The van der Waals surface area contributed by atoms with Crippen LogP contribution in [0.2, 0.25) is 0 Å². The van der Waals surface area contributed by atoms with Crippen LogP contribution in [0.25, 0.3) is 0 Å². The molecule has 0 aliphatic carbocycles. The van der Waals surface area contributed by atoms with Crippen LogP contribution in [0.4, 0.5) is 5.69 Å². The van der Waals surface area contributed by atoms with Gasteiger partial charge in [0.15, 0.2) is 0 Å². The molecular formula is C15H22N2O2. The number of hydrogen-bond donors (Lipinski definition) is 2. The summed E-state index contributed by atoms with van der Waals surface area (Å²) in [5.41, 5.74) is 3.75. The van der Waals surface area contributed by atoms with Gasteiger partial charge in [0.05, 0.1) is 6.42 Å². The summed E-state index contributed by atoms with van der Waals surface area (Å²) in [6, 6.07) is 6.85. The molecular weight excluding hydrogens is 240 g/mol. The molecule has 0 spiro atoms. The molecule has 1 aliphatic heterocycles. The third-order valence-corrected chi connectivity index (χ3v) is 3.89. The number of piperazine rings is 1. The molecule has 19 heavy (non-hydrogen) atoms. The van der Waals surface area contributed by atoms with Crippen molar-refractivity contribution in [3.8, 4) is 0 Å². The SMILES string of the molecule is Cc1ccc(N2CC(CC(=O)O)NCC2C)cc1C. The van der Waals surface area contributed by atoms with Gasteiger partial charge in [0, 0.05) is 30.9 Å². The first-order valence-corrected chi connectivity index (χ1v) is 6.76. The van der Waals surface area contributed by atoms with Crippen LogP contribution < -0.4 is 10.2 Å². The van der Waals surface area contributed by atoms with Crippen LogP contribution in [-0.4, -0.2) is 36.2 Å². The number of carboxylic acids is 1. The molecule has 2 unspecified atom stereocenters. The number of carbonyl (C=O) groups is 1. The molecule has 0 saturated carbocycles. The predicted octanol–water partition coefficient (Wildman–Crippen LogP) is 1.94. The molecule has 1 aromatic carbocycles. The van der Waals surface area contributed by atoms with E-state index in [0.717, 1.165) is 13.1 Å². The van der Waals surface area contributed by atoms with E-state index in [1.165, 1.54) is 16.8 Å². The molecule has 1 saturated heterocycles. The summed E-state index contributed by atoms with van der Waals surface area (Å²) in [6.07, 6.45) is 0.175. The lowest BCUT2D eigenvalue weighted by molar-refractivity contribution is -0.137. The van der Waals surface area contributed by atoms with Crippen molar-refractivity contribution in [1.29, 1.82) is 0 Å². The van der Waals surface area contributed by atoms with Crippen LogP contribution in [-0.2, 0) is 4.79 Å². The van der Waals surface area contributed by atoms with E-state index in [0.29, 0.717) is 6.04 Å². The summed E-state index contributed by atoms with van der Waals surface area (Å²) < 4.78 is 0. The summed E-state index contributed by atoms with van der Waals surface area (Å²) in [5.74, 6) is -0.743. The summed E-state index contributed by atoms with van der Waals surface area (Å²) >= 11 is 0. The third-order valence-electron chi connectivity index (χ3n) is 3.89. The summed E-state index contributed by atoms with van der Waals surface area (Å²) in [4.78, 5) is 13.1. The van der Waals surface area contributed by atoms with E-state index in [1.807, 2.05) is 0 Å². The van der Waals surface area contributed by atoms with Gasteiger partial charge in [0.2, 0.25) is 0 Å². The molecule has 1 fully saturated rings. The molecule has 0 radical (unpaired) electrons. The quantitative estimate of drug-likeness (QED) is 0.874. The summed E-state index contributed by atoms with van der Waals surface area (Å²) in [5, 5.41) is 12.2. The van der Waals surface area contributed by atoms with E-state index in [4.69, 9.17) is 5.11 Å². The van der Waals surface area contributed by atoms with Crippen molar-refractivity contribution in [1.82, 2.24) is 5.32 Å². The highest BCUT2D eigenvalue weighted by atomic mass is 16.4. The normalized spacial score (nSPS) is 23.4. The van der Waals surface area contributed by atoms with Crippen molar-refractivity contribution >= 4 is 11.7 Å². The first-order chi connectivity index (χ1) is 8.97. The minimum atomic E-state index is -0.743. The number of rotatable bonds is 3. The molecule has 1 aliphatic rings. The van der Waals surface area contributed by atoms with Crippen LogP contribution in [0.3, 0.4) is 0 Å². The number of anilines is 1. The minimum Gasteiger partial charge on any atom is -0.481 e. The molecule has 4 nitrogen and oxygen atoms in total. The maximum atomic E-state index is 10.8. The van der Waals surface area contributed by atoms with Crippen molar-refractivity contribution in [2.75, 3.05) is 18.0 Å². The number of carboxylic acid groups (broad SMARTS) is 1. The summed E-state index contributed by atoms with van der Waals surface area (Å²) in [6.45, 7) is 7.95. The Balaban J connectivity index is 2.16. The molecule has 2 N–H and O–H groups in total. The second-order valence-corrected chi connectivity index (χ2v) is 5.47. The lowest BCUT2D eigenvalue weighted by Gasteiger charge is -2.40. The van der Waals surface area contributed by atoms with Crippen LogP contribution in [0, 0.1) is 13.8 Å². The smallest absolute Gasteiger partial charge is 0.304 e. The van der Waals surface area contributed by atoms with E-state index in [-0.39, 0.29) is 12.5 Å². The first-order valence-electron chi connectivity index (χ1n) is 6.76. The minimum absolute atomic E-state index is 0.0234. The summed E-state index contributed by atoms with van der Waals surface area (Å²) in [7, 11) is 0. The third kappa shape index (κ3) is 3.26. The lowest BCUT2D eigenvalue weighted by Crippen LogP contribution is -2.56. The maximum Gasteiger partial charge on any atom is 0.304 e. The van der Waals surface area contributed by atoms with E-state index < -0.39 is 5.97 Å². The van der Waals surface area contributed by atoms with Crippen molar-refractivity contribution in [3.63, 3.8) is 0 Å². The number of hydrogen-bond acceptors (Lipinski definition) is 3. The number of aliphatic carboxylic acids is 1. The Morgan fingerprint density at radius 1 is 1.42 bits per heavy atom. The second kappa shape index (κ2) is 5.61. The fourth-order valence-electron chi connectivity index (χ4n) is 2.54. The first kappa shape index (κ1) is 13.9. The Hall–Kier alpha value is -1.55. The number of nitrogens with zero attached hydrogens (tertiary/aromatic N) is 1. The van der Waals surface area contributed by atoms with Crippen molar-refractivity contribution in [2.45, 2.75) is 39.3 Å². The zero-order chi connectivity index (χ0) is 14.0. The molecule has 4 heteroatoms. The Morgan fingerprint density at radius 3 is 2.79 bits per heavy atom. The zero-order valence-electron chi connectivity index (χ0n) is 11.8. The van der Waals surface area contributed by atoms with Gasteiger partial charge in [0.1, 0.15) is 0 Å². The van der Waals surface area contributed by atoms with Gasteiger partial charge >= 0.3 is 5.97 Å². The Labute approximate surface area is 114 Å². The Morgan fingerprint density at radius 2 is 2.16 bits per heavy atom. The molecule has 1 heterocycles. The topological polar surface area (TPSA) is 52.6 Å². The highest BCUT2D eigenvalue weighted by Crippen LogP contribution is 2.23. The maximum absolute atomic E-state index is 10.8.